The van der Waals surface area contributed by atoms with Crippen LogP contribution in [-0.4, -0.2) is 9.97 Å². The molecule has 1 N–H and O–H groups in total. The van der Waals surface area contributed by atoms with Crippen LogP contribution in [0.15, 0.2) is 36.8 Å². The first kappa shape index (κ1) is 8.72. The first-order valence-electron chi connectivity index (χ1n) is 5.34. The van der Waals surface area contributed by atoms with Crippen LogP contribution in [-0.2, 0) is 18.3 Å². The number of H-pyrrole nitrogens is 1. The number of fused-ring (bicyclic) bond motifs is 1. The van der Waals surface area contributed by atoms with E-state index in [2.05, 4.69) is 41.2 Å². The molecule has 0 fully saturated rings. The molecule has 0 amide bonds. The van der Waals surface area contributed by atoms with Crippen LogP contribution in [0.2, 0.25) is 0 Å². The molecule has 15 heavy (non-hydrogen) atoms. The van der Waals surface area contributed by atoms with E-state index in [-0.39, 0.29) is 5.41 Å². The Hall–Kier alpha value is -1.57. The lowest BCUT2D eigenvalue weighted by Crippen LogP contribution is -2.22. The van der Waals surface area contributed by atoms with Crippen molar-refractivity contribution in [1.82, 2.24) is 9.97 Å². The smallest absolute Gasteiger partial charge is 0.0921 e. The van der Waals surface area contributed by atoms with Crippen molar-refractivity contribution in [2.75, 3.05) is 0 Å². The Bertz CT molecular complexity index is 446. The van der Waals surface area contributed by atoms with Gasteiger partial charge in [-0.15, -0.1) is 0 Å². The van der Waals surface area contributed by atoms with Gasteiger partial charge < -0.3 is 4.98 Å². The Balaban J connectivity index is 2.01. The van der Waals surface area contributed by atoms with E-state index in [9.17, 15) is 0 Å². The summed E-state index contributed by atoms with van der Waals surface area (Å²) in [7, 11) is 0. The third kappa shape index (κ3) is 1.29. The zero-order chi connectivity index (χ0) is 10.3. The van der Waals surface area contributed by atoms with Gasteiger partial charge in [0.05, 0.1) is 6.33 Å². The largest absolute Gasteiger partial charge is 0.348 e. The maximum absolute atomic E-state index is 4.12. The van der Waals surface area contributed by atoms with Crippen molar-refractivity contribution in [3.63, 3.8) is 0 Å². The summed E-state index contributed by atoms with van der Waals surface area (Å²) < 4.78 is 0. The summed E-state index contributed by atoms with van der Waals surface area (Å²) in [4.78, 5) is 7.36. The summed E-state index contributed by atoms with van der Waals surface area (Å²) in [5.41, 5.74) is 4.42. The van der Waals surface area contributed by atoms with Crippen molar-refractivity contribution in [3.8, 4) is 0 Å². The van der Waals surface area contributed by atoms with Gasteiger partial charge >= 0.3 is 0 Å². The molecule has 0 atom stereocenters. The Morgan fingerprint density at radius 3 is 2.40 bits per heavy atom. The van der Waals surface area contributed by atoms with E-state index in [0.29, 0.717) is 0 Å². The van der Waals surface area contributed by atoms with E-state index in [4.69, 9.17) is 0 Å². The topological polar surface area (TPSA) is 28.7 Å². The number of hydrogen-bond acceptors (Lipinski definition) is 1. The molecule has 1 heterocycles. The fourth-order valence-corrected chi connectivity index (χ4v) is 2.58. The Kier molecular flexibility index (Phi) is 1.72. The summed E-state index contributed by atoms with van der Waals surface area (Å²) in [6.07, 6.45) is 5.95. The number of rotatable bonds is 1. The monoisotopic (exact) mass is 198 g/mol. The number of benzene rings is 1. The van der Waals surface area contributed by atoms with E-state index in [1.54, 1.807) is 6.33 Å². The van der Waals surface area contributed by atoms with Gasteiger partial charge in [-0.3, -0.25) is 0 Å². The number of aromatic amines is 1. The summed E-state index contributed by atoms with van der Waals surface area (Å²) in [5, 5.41) is 0. The van der Waals surface area contributed by atoms with Gasteiger partial charge in [-0.2, -0.15) is 0 Å². The van der Waals surface area contributed by atoms with E-state index in [1.807, 2.05) is 6.20 Å². The Morgan fingerprint density at radius 1 is 1.20 bits per heavy atom. The van der Waals surface area contributed by atoms with Gasteiger partial charge in [-0.05, 0) is 24.0 Å². The molecular weight excluding hydrogens is 184 g/mol. The second-order valence-electron chi connectivity index (χ2n) is 4.65. The Morgan fingerprint density at radius 2 is 1.87 bits per heavy atom. The zero-order valence-corrected chi connectivity index (χ0v) is 8.83. The van der Waals surface area contributed by atoms with Gasteiger partial charge in [0, 0.05) is 17.3 Å². The van der Waals surface area contributed by atoms with Crippen LogP contribution in [0.1, 0.15) is 23.7 Å². The van der Waals surface area contributed by atoms with Gasteiger partial charge in [0.2, 0.25) is 0 Å². The SMILES string of the molecule is CC1(c2cnc[nH]2)Cc2ccccc2C1. The minimum absolute atomic E-state index is 0.209. The highest BCUT2D eigenvalue weighted by molar-refractivity contribution is 5.38. The number of hydrogen-bond donors (Lipinski definition) is 1. The molecule has 0 spiro atoms. The fourth-order valence-electron chi connectivity index (χ4n) is 2.58. The van der Waals surface area contributed by atoms with Crippen LogP contribution < -0.4 is 0 Å². The minimum atomic E-state index is 0.209. The molecule has 1 aliphatic rings. The van der Waals surface area contributed by atoms with Crippen LogP contribution in [0.25, 0.3) is 0 Å². The highest BCUT2D eigenvalue weighted by Gasteiger charge is 2.35. The first-order chi connectivity index (χ1) is 7.28. The summed E-state index contributed by atoms with van der Waals surface area (Å²) >= 11 is 0. The quantitative estimate of drug-likeness (QED) is 0.749. The lowest BCUT2D eigenvalue weighted by atomic mass is 9.84. The van der Waals surface area contributed by atoms with Crippen LogP contribution in [0, 0.1) is 0 Å². The lowest BCUT2D eigenvalue weighted by Gasteiger charge is -2.21. The molecule has 3 rings (SSSR count). The molecule has 2 heteroatoms. The van der Waals surface area contributed by atoms with Gasteiger partial charge in [-0.1, -0.05) is 31.2 Å². The predicted octanol–water partition coefficient (Wildman–Crippen LogP) is 2.47. The average molecular weight is 198 g/mol. The van der Waals surface area contributed by atoms with E-state index < -0.39 is 0 Å². The van der Waals surface area contributed by atoms with Crippen molar-refractivity contribution in [2.24, 2.45) is 0 Å². The van der Waals surface area contributed by atoms with E-state index in [0.717, 1.165) is 12.8 Å². The van der Waals surface area contributed by atoms with Crippen LogP contribution >= 0.6 is 0 Å². The van der Waals surface area contributed by atoms with Gasteiger partial charge in [0.1, 0.15) is 0 Å². The van der Waals surface area contributed by atoms with Crippen LogP contribution in [0.5, 0.6) is 0 Å². The first-order valence-corrected chi connectivity index (χ1v) is 5.34. The second-order valence-corrected chi connectivity index (χ2v) is 4.65. The molecule has 0 bridgehead atoms. The third-order valence-corrected chi connectivity index (χ3v) is 3.43. The Labute approximate surface area is 89.4 Å². The summed E-state index contributed by atoms with van der Waals surface area (Å²) in [5.74, 6) is 0. The van der Waals surface area contributed by atoms with E-state index in [1.165, 1.54) is 16.8 Å². The number of nitrogens with one attached hydrogen (secondary N) is 1. The summed E-state index contributed by atoms with van der Waals surface area (Å²) in [6.45, 7) is 2.31. The highest BCUT2D eigenvalue weighted by Crippen LogP contribution is 2.38. The zero-order valence-electron chi connectivity index (χ0n) is 8.83. The summed E-state index contributed by atoms with van der Waals surface area (Å²) in [6, 6.07) is 8.71. The molecule has 2 nitrogen and oxygen atoms in total. The molecule has 1 aliphatic carbocycles. The maximum Gasteiger partial charge on any atom is 0.0921 e. The maximum atomic E-state index is 4.12. The van der Waals surface area contributed by atoms with Gasteiger partial charge in [0.25, 0.3) is 0 Å². The van der Waals surface area contributed by atoms with E-state index >= 15 is 0 Å². The molecule has 76 valence electrons. The molecule has 1 aromatic carbocycles. The van der Waals surface area contributed by atoms with Crippen molar-refractivity contribution in [1.29, 1.82) is 0 Å². The van der Waals surface area contributed by atoms with Gasteiger partial charge in [0.15, 0.2) is 0 Å². The van der Waals surface area contributed by atoms with Crippen LogP contribution in [0.3, 0.4) is 0 Å². The highest BCUT2D eigenvalue weighted by atomic mass is 14.9. The fraction of sp³-hybridized carbons (Fsp3) is 0.308. The molecular formula is C13H14N2. The molecule has 0 saturated carbocycles. The standard InChI is InChI=1S/C13H14N2/c1-13(12-8-14-9-15-12)6-10-4-2-3-5-11(10)7-13/h2-5,8-9H,6-7H2,1H3,(H,14,15). The van der Waals surface area contributed by atoms with Crippen molar-refractivity contribution >= 4 is 0 Å². The number of aromatic nitrogens is 2. The molecule has 0 radical (unpaired) electrons. The molecule has 0 saturated heterocycles. The number of nitrogens with zero attached hydrogens (tertiary/aromatic N) is 1. The average Bonchev–Trinajstić information content (AvgIpc) is 2.83. The minimum Gasteiger partial charge on any atom is -0.348 e. The second kappa shape index (κ2) is 2.96. The molecule has 0 unspecified atom stereocenters. The molecule has 1 aromatic heterocycles. The van der Waals surface area contributed by atoms with Crippen molar-refractivity contribution in [3.05, 3.63) is 53.6 Å². The van der Waals surface area contributed by atoms with Crippen molar-refractivity contribution in [2.45, 2.75) is 25.2 Å². The number of imidazole rings is 1. The third-order valence-electron chi connectivity index (χ3n) is 3.43. The molecule has 2 aromatic rings. The van der Waals surface area contributed by atoms with Crippen LogP contribution in [0.4, 0.5) is 0 Å². The van der Waals surface area contributed by atoms with Crippen molar-refractivity contribution < 1.29 is 0 Å². The lowest BCUT2D eigenvalue weighted by molar-refractivity contribution is 0.490. The van der Waals surface area contributed by atoms with Gasteiger partial charge in [-0.25, -0.2) is 4.98 Å². The normalized spacial score (nSPS) is 17.7. The predicted molar refractivity (Wildman–Crippen MR) is 59.8 cm³/mol. The molecule has 0 aliphatic heterocycles.